The molecule has 0 radical (unpaired) electrons. The maximum absolute atomic E-state index is 12.4. The molecule has 112 valence electrons. The van der Waals surface area contributed by atoms with Crippen molar-refractivity contribution < 1.29 is 4.79 Å². The number of aromatic nitrogens is 3. The van der Waals surface area contributed by atoms with Crippen LogP contribution in [-0.2, 0) is 0 Å². The smallest absolute Gasteiger partial charge is 0.251 e. The molecule has 1 aromatic heterocycles. The van der Waals surface area contributed by atoms with E-state index in [1.807, 2.05) is 31.2 Å². The second kappa shape index (κ2) is 6.27. The minimum Gasteiger partial charge on any atom is -0.345 e. The maximum atomic E-state index is 12.4. The first-order valence-electron chi connectivity index (χ1n) is 7.04. The molecule has 22 heavy (non-hydrogen) atoms. The summed E-state index contributed by atoms with van der Waals surface area (Å²) in [6.45, 7) is 2.05. The lowest BCUT2D eigenvalue weighted by molar-refractivity contribution is 0.0935. The highest BCUT2D eigenvalue weighted by Gasteiger charge is 2.15. The third-order valence-electron chi connectivity index (χ3n) is 3.56. The Morgan fingerprint density at radius 2 is 1.91 bits per heavy atom. The number of halogens is 1. The Balaban J connectivity index is 1.80. The van der Waals surface area contributed by atoms with Crippen LogP contribution < -0.4 is 5.32 Å². The molecule has 0 aliphatic rings. The van der Waals surface area contributed by atoms with E-state index in [1.165, 1.54) is 0 Å². The van der Waals surface area contributed by atoms with Crippen LogP contribution >= 0.6 is 15.9 Å². The van der Waals surface area contributed by atoms with Crippen LogP contribution in [0.1, 0.15) is 35.3 Å². The predicted octanol–water partition coefficient (Wildman–Crippen LogP) is 3.60. The summed E-state index contributed by atoms with van der Waals surface area (Å²) >= 11 is 3.42. The summed E-state index contributed by atoms with van der Waals surface area (Å²) < 4.78 is 1.02. The molecule has 0 bridgehead atoms. The van der Waals surface area contributed by atoms with Crippen molar-refractivity contribution in [3.8, 4) is 0 Å². The summed E-state index contributed by atoms with van der Waals surface area (Å²) in [4.78, 5) is 12.4. The van der Waals surface area contributed by atoms with Crippen LogP contribution in [0.2, 0.25) is 0 Å². The Hall–Kier alpha value is -2.21. The average molecular weight is 359 g/mol. The number of nitrogens with zero attached hydrogens (tertiary/aromatic N) is 2. The monoisotopic (exact) mass is 358 g/mol. The number of H-pyrrole nitrogens is 1. The molecule has 0 spiro atoms. The van der Waals surface area contributed by atoms with E-state index >= 15 is 0 Å². The number of nitrogens with one attached hydrogen (secondary N) is 2. The van der Waals surface area contributed by atoms with Gasteiger partial charge in [-0.15, -0.1) is 0 Å². The molecule has 1 heterocycles. The van der Waals surface area contributed by atoms with Crippen LogP contribution in [0.3, 0.4) is 0 Å². The molecule has 2 aromatic carbocycles. The zero-order valence-corrected chi connectivity index (χ0v) is 13.6. The van der Waals surface area contributed by atoms with Gasteiger partial charge in [-0.25, -0.2) is 0 Å². The summed E-state index contributed by atoms with van der Waals surface area (Å²) in [6, 6.07) is 13.2. The lowest BCUT2D eigenvalue weighted by atomic mass is 10.0. The van der Waals surface area contributed by atoms with Crippen LogP contribution in [0.5, 0.6) is 0 Å². The lowest BCUT2D eigenvalue weighted by Crippen LogP contribution is -2.28. The molecule has 0 fully saturated rings. The van der Waals surface area contributed by atoms with Crippen molar-refractivity contribution in [1.82, 2.24) is 20.7 Å². The summed E-state index contributed by atoms with van der Waals surface area (Å²) in [5.74, 6) is -0.111. The number of amides is 1. The summed E-state index contributed by atoms with van der Waals surface area (Å²) in [5, 5.41) is 13.6. The first kappa shape index (κ1) is 14.7. The van der Waals surface area contributed by atoms with Crippen molar-refractivity contribution >= 4 is 32.9 Å². The number of hydrogen-bond donors (Lipinski definition) is 2. The van der Waals surface area contributed by atoms with Gasteiger partial charge in [-0.3, -0.25) is 4.79 Å². The second-order valence-corrected chi connectivity index (χ2v) is 5.93. The Kier molecular flexibility index (Phi) is 4.20. The Bertz CT molecular complexity index is 797. The van der Waals surface area contributed by atoms with E-state index in [4.69, 9.17) is 0 Å². The van der Waals surface area contributed by atoms with Crippen LogP contribution in [-0.4, -0.2) is 21.3 Å². The molecule has 0 saturated heterocycles. The van der Waals surface area contributed by atoms with Gasteiger partial charge in [0.25, 0.3) is 5.91 Å². The fourth-order valence-corrected chi connectivity index (χ4v) is 2.60. The van der Waals surface area contributed by atoms with E-state index in [0.29, 0.717) is 11.1 Å². The molecule has 0 aliphatic heterocycles. The van der Waals surface area contributed by atoms with Crippen LogP contribution in [0.25, 0.3) is 11.0 Å². The first-order valence-corrected chi connectivity index (χ1v) is 7.83. The predicted molar refractivity (Wildman–Crippen MR) is 88.5 cm³/mol. The van der Waals surface area contributed by atoms with Gasteiger partial charge in [0.15, 0.2) is 0 Å². The van der Waals surface area contributed by atoms with Crippen molar-refractivity contribution in [2.45, 2.75) is 19.4 Å². The van der Waals surface area contributed by atoms with Crippen molar-refractivity contribution in [2.24, 2.45) is 0 Å². The van der Waals surface area contributed by atoms with Crippen LogP contribution in [0, 0.1) is 0 Å². The second-order valence-electron chi connectivity index (χ2n) is 5.01. The average Bonchev–Trinajstić information content (AvgIpc) is 3.01. The SMILES string of the molecule is CC[C@H](NC(=O)c1ccc2n[nH]nc2c1)c1ccc(Br)cc1. The standard InChI is InChI=1S/C16H15BrN4O/c1-2-13(10-3-6-12(17)7-4-10)18-16(22)11-5-8-14-15(9-11)20-21-19-14/h3-9,13H,2H2,1H3,(H,18,22)(H,19,20,21)/t13-/m0/s1. The fourth-order valence-electron chi connectivity index (χ4n) is 2.34. The van der Waals surface area contributed by atoms with E-state index in [-0.39, 0.29) is 11.9 Å². The van der Waals surface area contributed by atoms with Gasteiger partial charge >= 0.3 is 0 Å². The summed E-state index contributed by atoms with van der Waals surface area (Å²) in [5.41, 5.74) is 3.10. The number of rotatable bonds is 4. The van der Waals surface area contributed by atoms with E-state index in [9.17, 15) is 4.79 Å². The zero-order valence-electron chi connectivity index (χ0n) is 12.0. The maximum Gasteiger partial charge on any atom is 0.251 e. The van der Waals surface area contributed by atoms with E-state index in [1.54, 1.807) is 18.2 Å². The minimum atomic E-state index is -0.111. The number of benzene rings is 2. The number of carbonyl (C=O) groups excluding carboxylic acids is 1. The molecule has 1 amide bonds. The molecule has 5 nitrogen and oxygen atoms in total. The molecule has 0 aliphatic carbocycles. The summed E-state index contributed by atoms with van der Waals surface area (Å²) in [7, 11) is 0. The van der Waals surface area contributed by atoms with Crippen molar-refractivity contribution in [3.05, 3.63) is 58.1 Å². The third kappa shape index (κ3) is 3.01. The molecule has 1 atom stereocenters. The normalized spacial score (nSPS) is 12.3. The molecular formula is C16H15BrN4O. The summed E-state index contributed by atoms with van der Waals surface area (Å²) in [6.07, 6.45) is 0.819. The fraction of sp³-hybridized carbons (Fsp3) is 0.188. The van der Waals surface area contributed by atoms with Gasteiger partial charge in [0.2, 0.25) is 0 Å². The van der Waals surface area contributed by atoms with Gasteiger partial charge < -0.3 is 5.32 Å². The van der Waals surface area contributed by atoms with E-state index in [2.05, 4.69) is 36.7 Å². The molecular weight excluding hydrogens is 344 g/mol. The number of fused-ring (bicyclic) bond motifs is 1. The Labute approximate surface area is 136 Å². The van der Waals surface area contributed by atoms with Gasteiger partial charge in [0.1, 0.15) is 11.0 Å². The quantitative estimate of drug-likeness (QED) is 0.748. The topological polar surface area (TPSA) is 70.7 Å². The number of aromatic amines is 1. The van der Waals surface area contributed by atoms with Gasteiger partial charge in [0, 0.05) is 10.0 Å². The van der Waals surface area contributed by atoms with E-state index < -0.39 is 0 Å². The molecule has 3 rings (SSSR count). The molecule has 6 heteroatoms. The molecule has 0 saturated carbocycles. The Morgan fingerprint density at radius 3 is 2.64 bits per heavy atom. The highest BCUT2D eigenvalue weighted by Crippen LogP contribution is 2.20. The van der Waals surface area contributed by atoms with Gasteiger partial charge in [0.05, 0.1) is 6.04 Å². The van der Waals surface area contributed by atoms with Gasteiger partial charge in [-0.1, -0.05) is 35.0 Å². The van der Waals surface area contributed by atoms with E-state index in [0.717, 1.165) is 22.0 Å². The highest BCUT2D eigenvalue weighted by atomic mass is 79.9. The van der Waals surface area contributed by atoms with Gasteiger partial charge in [-0.2, -0.15) is 15.4 Å². The van der Waals surface area contributed by atoms with Gasteiger partial charge in [-0.05, 0) is 42.3 Å². The zero-order chi connectivity index (χ0) is 15.5. The third-order valence-corrected chi connectivity index (χ3v) is 4.09. The molecule has 3 aromatic rings. The lowest BCUT2D eigenvalue weighted by Gasteiger charge is -2.17. The number of carbonyl (C=O) groups is 1. The molecule has 0 unspecified atom stereocenters. The van der Waals surface area contributed by atoms with Crippen LogP contribution in [0.4, 0.5) is 0 Å². The number of hydrogen-bond acceptors (Lipinski definition) is 3. The highest BCUT2D eigenvalue weighted by molar-refractivity contribution is 9.10. The first-order chi connectivity index (χ1) is 10.7. The molecule has 2 N–H and O–H groups in total. The minimum absolute atomic E-state index is 0.0198. The van der Waals surface area contributed by atoms with Crippen molar-refractivity contribution in [2.75, 3.05) is 0 Å². The van der Waals surface area contributed by atoms with Crippen LogP contribution in [0.15, 0.2) is 46.9 Å². The Morgan fingerprint density at radius 1 is 1.18 bits per heavy atom. The largest absolute Gasteiger partial charge is 0.345 e. The van der Waals surface area contributed by atoms with Crippen molar-refractivity contribution in [1.29, 1.82) is 0 Å². The van der Waals surface area contributed by atoms with Crippen molar-refractivity contribution in [3.63, 3.8) is 0 Å².